The third-order valence-electron chi connectivity index (χ3n) is 2.62. The number of rotatable bonds is 6. The number of hydrogen-bond acceptors (Lipinski definition) is 6. The first-order chi connectivity index (χ1) is 9.56. The molecule has 20 heavy (non-hydrogen) atoms. The molecule has 2 N–H and O–H groups in total. The first kappa shape index (κ1) is 15.8. The lowest BCUT2D eigenvalue weighted by Crippen LogP contribution is -2.42. The van der Waals surface area contributed by atoms with Gasteiger partial charge in [-0.2, -0.15) is 0 Å². The second-order valence-electron chi connectivity index (χ2n) is 4.07. The van der Waals surface area contributed by atoms with Crippen molar-refractivity contribution in [2.45, 2.75) is 25.7 Å². The highest BCUT2D eigenvalue weighted by molar-refractivity contribution is 6.02. The van der Waals surface area contributed by atoms with Crippen LogP contribution in [0.4, 0.5) is 0 Å². The Kier molecular flexibility index (Phi) is 6.31. The van der Waals surface area contributed by atoms with Crippen LogP contribution >= 0.6 is 0 Å². The van der Waals surface area contributed by atoms with Crippen molar-refractivity contribution in [2.24, 2.45) is 5.84 Å². The lowest BCUT2D eigenvalue weighted by atomic mass is 10.2. The maximum absolute atomic E-state index is 11.8. The zero-order chi connectivity index (χ0) is 15.0. The first-order valence-corrected chi connectivity index (χ1v) is 6.16. The van der Waals surface area contributed by atoms with Crippen molar-refractivity contribution in [3.63, 3.8) is 0 Å². The van der Waals surface area contributed by atoms with Gasteiger partial charge in [-0.3, -0.25) is 19.4 Å². The number of nitrogens with two attached hydrogens (primary N) is 1. The minimum atomic E-state index is -0.649. The second-order valence-corrected chi connectivity index (χ2v) is 4.07. The SMILES string of the molecule is COC(=O)CCCCC(=O)N(N)C(=O)c1ccccn1. The number of hydrazine groups is 1. The van der Waals surface area contributed by atoms with Crippen molar-refractivity contribution in [2.75, 3.05) is 7.11 Å². The van der Waals surface area contributed by atoms with Crippen LogP contribution in [0.15, 0.2) is 24.4 Å². The molecule has 0 bridgehead atoms. The van der Waals surface area contributed by atoms with Crippen molar-refractivity contribution >= 4 is 17.8 Å². The molecule has 0 saturated heterocycles. The van der Waals surface area contributed by atoms with E-state index in [2.05, 4.69) is 9.72 Å². The molecule has 0 radical (unpaired) electrons. The van der Waals surface area contributed by atoms with E-state index in [1.54, 1.807) is 12.1 Å². The summed E-state index contributed by atoms with van der Waals surface area (Å²) >= 11 is 0. The van der Waals surface area contributed by atoms with Crippen molar-refractivity contribution in [3.05, 3.63) is 30.1 Å². The molecule has 0 atom stereocenters. The molecule has 7 heteroatoms. The lowest BCUT2D eigenvalue weighted by molar-refractivity contribution is -0.141. The van der Waals surface area contributed by atoms with E-state index in [-0.39, 0.29) is 24.5 Å². The number of hydrogen-bond donors (Lipinski definition) is 1. The molecule has 1 heterocycles. The zero-order valence-corrected chi connectivity index (χ0v) is 11.2. The molecule has 108 valence electrons. The fraction of sp³-hybridized carbons (Fsp3) is 0.385. The maximum Gasteiger partial charge on any atom is 0.305 e. The van der Waals surface area contributed by atoms with Gasteiger partial charge >= 0.3 is 5.97 Å². The zero-order valence-electron chi connectivity index (χ0n) is 11.2. The molecule has 7 nitrogen and oxygen atoms in total. The normalized spacial score (nSPS) is 9.90. The topological polar surface area (TPSA) is 103 Å². The van der Waals surface area contributed by atoms with Crippen molar-refractivity contribution < 1.29 is 19.1 Å². The van der Waals surface area contributed by atoms with Crippen molar-refractivity contribution in [1.29, 1.82) is 0 Å². The summed E-state index contributed by atoms with van der Waals surface area (Å²) in [6.07, 6.45) is 2.73. The molecule has 0 unspecified atom stereocenters. The van der Waals surface area contributed by atoms with Crippen LogP contribution < -0.4 is 5.84 Å². The van der Waals surface area contributed by atoms with Gasteiger partial charge in [0.2, 0.25) is 5.91 Å². The van der Waals surface area contributed by atoms with Crippen LogP contribution in [0.25, 0.3) is 0 Å². The van der Waals surface area contributed by atoms with Crippen LogP contribution in [-0.4, -0.2) is 34.9 Å². The van der Waals surface area contributed by atoms with Gasteiger partial charge in [-0.05, 0) is 25.0 Å². The number of carbonyl (C=O) groups is 3. The number of esters is 1. The summed E-state index contributed by atoms with van der Waals surface area (Å²) in [4.78, 5) is 38.2. The number of unbranched alkanes of at least 4 members (excludes halogenated alkanes) is 1. The Labute approximate surface area is 116 Å². The average molecular weight is 279 g/mol. The first-order valence-electron chi connectivity index (χ1n) is 6.16. The van der Waals surface area contributed by atoms with E-state index >= 15 is 0 Å². The fourth-order valence-corrected chi connectivity index (χ4v) is 1.49. The van der Waals surface area contributed by atoms with Crippen LogP contribution in [0.5, 0.6) is 0 Å². The molecule has 0 aromatic carbocycles. The Morgan fingerprint density at radius 2 is 1.95 bits per heavy atom. The molecule has 0 aliphatic carbocycles. The van der Waals surface area contributed by atoms with Gasteiger partial charge in [0.05, 0.1) is 7.11 Å². The van der Waals surface area contributed by atoms with E-state index < -0.39 is 11.8 Å². The molecular weight excluding hydrogens is 262 g/mol. The molecule has 0 fully saturated rings. The molecular formula is C13H17N3O4. The molecule has 2 amide bonds. The van der Waals surface area contributed by atoms with Crippen LogP contribution in [0, 0.1) is 0 Å². The third kappa shape index (κ3) is 4.77. The molecule has 1 aromatic rings. The minimum Gasteiger partial charge on any atom is -0.469 e. The number of imide groups is 1. The van der Waals surface area contributed by atoms with Crippen LogP contribution in [0.2, 0.25) is 0 Å². The van der Waals surface area contributed by atoms with E-state index in [0.717, 1.165) is 0 Å². The summed E-state index contributed by atoms with van der Waals surface area (Å²) in [5, 5.41) is 0.556. The second kappa shape index (κ2) is 8.00. The molecule has 0 aliphatic rings. The van der Waals surface area contributed by atoms with E-state index in [0.29, 0.717) is 17.9 Å². The lowest BCUT2D eigenvalue weighted by Gasteiger charge is -2.13. The number of pyridine rings is 1. The quantitative estimate of drug-likeness (QED) is 0.270. The highest BCUT2D eigenvalue weighted by atomic mass is 16.5. The van der Waals surface area contributed by atoms with E-state index in [1.165, 1.54) is 19.4 Å². The molecule has 0 aliphatic heterocycles. The van der Waals surface area contributed by atoms with E-state index in [9.17, 15) is 14.4 Å². The Hall–Kier alpha value is -2.28. The van der Waals surface area contributed by atoms with E-state index in [1.807, 2.05) is 0 Å². The number of carbonyl (C=O) groups excluding carboxylic acids is 3. The number of ether oxygens (including phenoxy) is 1. The highest BCUT2D eigenvalue weighted by Gasteiger charge is 2.19. The minimum absolute atomic E-state index is 0.0894. The maximum atomic E-state index is 11.8. The molecule has 1 aromatic heterocycles. The third-order valence-corrected chi connectivity index (χ3v) is 2.62. The van der Waals surface area contributed by atoms with E-state index in [4.69, 9.17) is 5.84 Å². The van der Waals surface area contributed by atoms with Crippen LogP contribution in [0.3, 0.4) is 0 Å². The van der Waals surface area contributed by atoms with Crippen LogP contribution in [-0.2, 0) is 14.3 Å². The number of aromatic nitrogens is 1. The summed E-state index contributed by atoms with van der Waals surface area (Å²) in [7, 11) is 1.31. The van der Waals surface area contributed by atoms with Gasteiger partial charge in [0, 0.05) is 19.0 Å². The summed E-state index contributed by atoms with van der Waals surface area (Å²) in [6.45, 7) is 0. The molecule has 0 spiro atoms. The van der Waals surface area contributed by atoms with Crippen molar-refractivity contribution in [3.8, 4) is 0 Å². The summed E-state index contributed by atoms with van der Waals surface area (Å²) in [5.74, 6) is 3.98. The average Bonchev–Trinajstić information content (AvgIpc) is 2.50. The highest BCUT2D eigenvalue weighted by Crippen LogP contribution is 2.05. The Bertz CT molecular complexity index is 476. The fourth-order valence-electron chi connectivity index (χ4n) is 1.49. The summed E-state index contributed by atoms with van der Waals surface area (Å²) in [5.41, 5.74) is 0.109. The van der Waals surface area contributed by atoms with Gasteiger partial charge in [0.15, 0.2) is 0 Å². The van der Waals surface area contributed by atoms with Gasteiger partial charge in [-0.1, -0.05) is 6.07 Å². The number of nitrogens with zero attached hydrogens (tertiary/aromatic N) is 2. The molecule has 0 saturated carbocycles. The summed E-state index contributed by atoms with van der Waals surface area (Å²) in [6, 6.07) is 4.77. The predicted octanol–water partition coefficient (Wildman–Crippen LogP) is 0.657. The van der Waals surface area contributed by atoms with Crippen LogP contribution in [0.1, 0.15) is 36.2 Å². The van der Waals surface area contributed by atoms with Gasteiger partial charge in [0.1, 0.15) is 5.69 Å². The standard InChI is InChI=1S/C13H17N3O4/c1-20-12(18)8-3-2-7-11(17)16(14)13(19)10-6-4-5-9-15-10/h4-6,9H,2-3,7-8,14H2,1H3. The number of amides is 2. The van der Waals surface area contributed by atoms with Gasteiger partial charge < -0.3 is 4.74 Å². The van der Waals surface area contributed by atoms with Gasteiger partial charge in [-0.15, -0.1) is 0 Å². The van der Waals surface area contributed by atoms with Crippen molar-refractivity contribution in [1.82, 2.24) is 9.99 Å². The predicted molar refractivity (Wildman–Crippen MR) is 70.1 cm³/mol. The smallest absolute Gasteiger partial charge is 0.305 e. The Balaban J connectivity index is 2.39. The largest absolute Gasteiger partial charge is 0.469 e. The summed E-state index contributed by atoms with van der Waals surface area (Å²) < 4.78 is 4.48. The Morgan fingerprint density at radius 3 is 2.55 bits per heavy atom. The number of methoxy groups -OCH3 is 1. The van der Waals surface area contributed by atoms with Gasteiger partial charge in [0.25, 0.3) is 5.91 Å². The molecule has 1 rings (SSSR count). The van der Waals surface area contributed by atoms with Gasteiger partial charge in [-0.25, -0.2) is 10.9 Å². The monoisotopic (exact) mass is 279 g/mol. The Morgan fingerprint density at radius 1 is 1.25 bits per heavy atom.